The van der Waals surface area contributed by atoms with E-state index in [-0.39, 0.29) is 43.9 Å². The van der Waals surface area contributed by atoms with Gasteiger partial charge in [-0.15, -0.1) is 0 Å². The standard InChI is InChI=1S/NO3.Ni.5H2O/c2-1(3)4;;;;;;/h;;5*1H2/q-1;;;;;;. The molecule has 0 fully saturated rings. The fraction of sp³-hybridized carbons (Fsp3) is 0. The third kappa shape index (κ3) is 1230. The van der Waals surface area contributed by atoms with Gasteiger partial charge in [0.1, 0.15) is 0 Å². The van der Waals surface area contributed by atoms with E-state index in [9.17, 15) is 0 Å². The second kappa shape index (κ2) is 76.7. The average Bonchev–Trinajstić information content (AvgIpc) is 0.811. The molecule has 0 unspecified atom stereocenters. The van der Waals surface area contributed by atoms with Crippen LogP contribution in [0.2, 0.25) is 0 Å². The van der Waals surface area contributed by atoms with Gasteiger partial charge in [-0.3, -0.25) is 0 Å². The van der Waals surface area contributed by atoms with Gasteiger partial charge in [0.15, 0.2) is 0 Å². The van der Waals surface area contributed by atoms with Crippen molar-refractivity contribution in [3.05, 3.63) is 15.3 Å². The largest absolute Gasteiger partial charge is 0.412 e. The Bertz CT molecular complexity index is 32.2. The molecule has 0 radical (unpaired) electrons. The second-order valence-electron chi connectivity index (χ2n) is 0.224. The van der Waals surface area contributed by atoms with E-state index in [1.165, 1.54) is 0 Å². The van der Waals surface area contributed by atoms with Crippen LogP contribution in [0.4, 0.5) is 0 Å². The number of hydrogen-bond donors (Lipinski definition) is 0. The van der Waals surface area contributed by atoms with Crippen LogP contribution in [0.15, 0.2) is 0 Å². The Hall–Kier alpha value is -0.506. The summed E-state index contributed by atoms with van der Waals surface area (Å²) >= 11 is 0. The van der Waals surface area contributed by atoms with Gasteiger partial charge >= 0.3 is 0 Å². The van der Waals surface area contributed by atoms with E-state index in [4.69, 9.17) is 15.3 Å². The van der Waals surface area contributed by atoms with Crippen LogP contribution in [0, 0.1) is 15.3 Å². The van der Waals surface area contributed by atoms with Gasteiger partial charge in [0, 0.05) is 16.5 Å². The SMILES string of the molecule is O.O.O.O.O.O=[N+]([O-])[O-].[Ni]. The van der Waals surface area contributed by atoms with E-state index in [1.807, 2.05) is 0 Å². The molecule has 0 aromatic rings. The Balaban J connectivity index is -0.00000000300. The molecule has 0 atom stereocenters. The zero-order chi connectivity index (χ0) is 3.58. The van der Waals surface area contributed by atoms with Crippen LogP contribution in [0.1, 0.15) is 0 Å². The Kier molecular flexibility index (Phi) is 845. The van der Waals surface area contributed by atoms with Crippen LogP contribution in [-0.4, -0.2) is 32.5 Å². The second-order valence-corrected chi connectivity index (χ2v) is 0.224. The van der Waals surface area contributed by atoms with Crippen molar-refractivity contribution in [2.24, 2.45) is 0 Å². The van der Waals surface area contributed by atoms with Crippen molar-refractivity contribution in [1.82, 2.24) is 0 Å². The van der Waals surface area contributed by atoms with Gasteiger partial charge in [0.05, 0.1) is 5.09 Å². The fourth-order valence-electron chi connectivity index (χ4n) is 0. The Morgan fingerprint density at radius 3 is 0.800 bits per heavy atom. The molecule has 0 aliphatic rings. The average molecular weight is 211 g/mol. The van der Waals surface area contributed by atoms with Crippen molar-refractivity contribution in [3.8, 4) is 0 Å². The number of nitrogens with zero attached hydrogens (tertiary/aromatic N) is 1. The molecule has 10 N–H and O–H groups in total. The molecule has 10 heavy (non-hydrogen) atoms. The summed E-state index contributed by atoms with van der Waals surface area (Å²) in [5.41, 5.74) is 0. The molecule has 0 amide bonds. The third-order valence-electron chi connectivity index (χ3n) is 0. The molecular formula is H10NNiO8-. The molecule has 0 rings (SSSR count). The van der Waals surface area contributed by atoms with E-state index in [1.54, 1.807) is 0 Å². The summed E-state index contributed by atoms with van der Waals surface area (Å²) in [6.45, 7) is 0. The van der Waals surface area contributed by atoms with E-state index >= 15 is 0 Å². The van der Waals surface area contributed by atoms with E-state index in [0.29, 0.717) is 0 Å². The smallest absolute Gasteiger partial charge is 0.0689 e. The van der Waals surface area contributed by atoms with Crippen molar-refractivity contribution in [1.29, 1.82) is 0 Å². The van der Waals surface area contributed by atoms with E-state index < -0.39 is 5.09 Å². The monoisotopic (exact) mass is 210 g/mol. The third-order valence-corrected chi connectivity index (χ3v) is 0. The van der Waals surface area contributed by atoms with Crippen molar-refractivity contribution >= 4 is 0 Å². The van der Waals surface area contributed by atoms with Gasteiger partial charge in [-0.05, 0) is 0 Å². The molecule has 0 heterocycles. The molecule has 0 saturated heterocycles. The van der Waals surface area contributed by atoms with Crippen LogP contribution in [0.5, 0.6) is 0 Å². The molecule has 0 aromatic heterocycles. The molecule has 0 aliphatic carbocycles. The van der Waals surface area contributed by atoms with Crippen LogP contribution in [-0.2, 0) is 16.5 Å². The maximum absolute atomic E-state index is 8.25. The predicted octanol–water partition coefficient (Wildman–Crippen LogP) is -4.37. The first-order valence-electron chi connectivity index (χ1n) is 0.548. The Morgan fingerprint density at radius 2 is 0.800 bits per heavy atom. The summed E-state index contributed by atoms with van der Waals surface area (Å²) in [6.07, 6.45) is 0. The van der Waals surface area contributed by atoms with Crippen LogP contribution < -0.4 is 0 Å². The molecule has 74 valence electrons. The van der Waals surface area contributed by atoms with Gasteiger partial charge in [-0.25, -0.2) is 0 Å². The predicted molar refractivity (Wildman–Crippen MR) is 28.4 cm³/mol. The number of hydrogen-bond acceptors (Lipinski definition) is 3. The normalized spacial score (nSPS) is 2.40. The van der Waals surface area contributed by atoms with Gasteiger partial charge in [-0.1, -0.05) is 0 Å². The van der Waals surface area contributed by atoms with Crippen molar-refractivity contribution < 1.29 is 49.0 Å². The molecule has 0 bridgehead atoms. The van der Waals surface area contributed by atoms with Gasteiger partial charge in [0.25, 0.3) is 0 Å². The van der Waals surface area contributed by atoms with Gasteiger partial charge < -0.3 is 42.7 Å². The van der Waals surface area contributed by atoms with Crippen LogP contribution in [0.3, 0.4) is 0 Å². The molecule has 0 aliphatic heterocycles. The van der Waals surface area contributed by atoms with Gasteiger partial charge in [-0.2, -0.15) is 0 Å². The quantitative estimate of drug-likeness (QED) is 0.219. The summed E-state index contributed by atoms with van der Waals surface area (Å²) < 4.78 is 0. The maximum Gasteiger partial charge on any atom is 0.0689 e. The van der Waals surface area contributed by atoms with Crippen molar-refractivity contribution in [2.75, 3.05) is 0 Å². The molecule has 0 spiro atoms. The summed E-state index contributed by atoms with van der Waals surface area (Å²) in [7, 11) is 0. The molecule has 0 saturated carbocycles. The summed E-state index contributed by atoms with van der Waals surface area (Å²) in [6, 6.07) is 0. The summed E-state index contributed by atoms with van der Waals surface area (Å²) in [4.78, 5) is 8.25. The Labute approximate surface area is 65.2 Å². The van der Waals surface area contributed by atoms with Crippen LogP contribution >= 0.6 is 0 Å². The van der Waals surface area contributed by atoms with Crippen LogP contribution in [0.25, 0.3) is 0 Å². The Morgan fingerprint density at radius 1 is 0.800 bits per heavy atom. The molecule has 0 aromatic carbocycles. The molecule has 9 nitrogen and oxygen atoms in total. The topological polar surface area (TPSA) is 224 Å². The van der Waals surface area contributed by atoms with E-state index in [2.05, 4.69) is 0 Å². The minimum atomic E-state index is -1.75. The fourth-order valence-corrected chi connectivity index (χ4v) is 0. The van der Waals surface area contributed by atoms with Crippen molar-refractivity contribution in [2.45, 2.75) is 0 Å². The summed E-state index contributed by atoms with van der Waals surface area (Å²) in [5, 5.41) is 14.8. The maximum atomic E-state index is 8.25. The first-order valence-corrected chi connectivity index (χ1v) is 0.548. The first kappa shape index (κ1) is 110. The van der Waals surface area contributed by atoms with E-state index in [0.717, 1.165) is 0 Å². The minimum absolute atomic E-state index is 0. The first-order chi connectivity index (χ1) is 1.73. The zero-order valence-electron chi connectivity index (χ0n) is 4.49. The molecule has 10 heteroatoms. The van der Waals surface area contributed by atoms with Crippen molar-refractivity contribution in [3.63, 3.8) is 0 Å². The molecular weight excluding hydrogens is 201 g/mol. The minimum Gasteiger partial charge on any atom is -0.412 e. The zero-order valence-corrected chi connectivity index (χ0v) is 5.48. The summed E-state index contributed by atoms with van der Waals surface area (Å²) in [5.74, 6) is 0. The van der Waals surface area contributed by atoms with Gasteiger partial charge in [0.2, 0.25) is 0 Å². The number of rotatable bonds is 0.